The highest BCUT2D eigenvalue weighted by Gasteiger charge is 2.28. The number of amides is 1. The maximum atomic E-state index is 12.8. The Balaban J connectivity index is 1.99. The molecule has 0 saturated carbocycles. The maximum Gasteiger partial charge on any atom is 0.274 e. The van der Waals surface area contributed by atoms with Crippen molar-refractivity contribution in [2.75, 3.05) is 26.5 Å². The zero-order valence-corrected chi connectivity index (χ0v) is 13.9. The molecule has 0 N–H and O–H groups in total. The summed E-state index contributed by atoms with van der Waals surface area (Å²) in [7, 11) is -1.85. The Kier molecular flexibility index (Phi) is 4.11. The second-order valence-corrected chi connectivity index (χ2v) is 7.61. The van der Waals surface area contributed by atoms with E-state index in [9.17, 15) is 13.2 Å². The fourth-order valence-electron chi connectivity index (χ4n) is 2.87. The maximum absolute atomic E-state index is 12.8. The predicted octanol–water partition coefficient (Wildman–Crippen LogP) is 0.989. The molecule has 7 nitrogen and oxygen atoms in total. The van der Waals surface area contributed by atoms with Crippen LogP contribution in [0, 0.1) is 0 Å². The molecule has 124 valence electrons. The Hall–Kier alpha value is -1.93. The van der Waals surface area contributed by atoms with E-state index in [1.807, 2.05) is 0 Å². The highest BCUT2D eigenvalue weighted by molar-refractivity contribution is 7.90. The molecule has 0 aliphatic carbocycles. The summed E-state index contributed by atoms with van der Waals surface area (Å²) >= 11 is 0. The first-order valence-corrected chi connectivity index (χ1v) is 9.30. The van der Waals surface area contributed by atoms with E-state index in [-0.39, 0.29) is 22.9 Å². The van der Waals surface area contributed by atoms with Gasteiger partial charge in [0.15, 0.2) is 5.69 Å². The van der Waals surface area contributed by atoms with E-state index in [1.54, 1.807) is 36.4 Å². The van der Waals surface area contributed by atoms with E-state index < -0.39 is 9.84 Å². The number of ether oxygens (including phenoxy) is 1. The topological polar surface area (TPSA) is 81.0 Å². The van der Waals surface area contributed by atoms with Gasteiger partial charge in [-0.1, -0.05) is 6.07 Å². The van der Waals surface area contributed by atoms with Crippen LogP contribution in [0.25, 0.3) is 5.52 Å². The predicted molar refractivity (Wildman–Crippen MR) is 84.2 cm³/mol. The third-order valence-electron chi connectivity index (χ3n) is 4.11. The minimum Gasteiger partial charge on any atom is -0.381 e. The van der Waals surface area contributed by atoms with Crippen LogP contribution in [-0.4, -0.2) is 61.2 Å². The number of hydrogen-bond acceptors (Lipinski definition) is 5. The molecular formula is C15H19N3O4S. The fourth-order valence-corrected chi connectivity index (χ4v) is 3.65. The van der Waals surface area contributed by atoms with Gasteiger partial charge in [0.1, 0.15) is 0 Å². The number of aromatic nitrogens is 2. The van der Waals surface area contributed by atoms with Gasteiger partial charge in [0.05, 0.1) is 11.6 Å². The summed E-state index contributed by atoms with van der Waals surface area (Å²) in [4.78, 5) is 18.6. The van der Waals surface area contributed by atoms with Crippen LogP contribution in [0.1, 0.15) is 23.3 Å². The van der Waals surface area contributed by atoms with Crippen LogP contribution in [0.4, 0.5) is 0 Å². The van der Waals surface area contributed by atoms with Crippen LogP contribution in [0.5, 0.6) is 0 Å². The molecule has 0 radical (unpaired) electrons. The molecule has 1 aliphatic heterocycles. The number of carbonyl (C=O) groups is 1. The molecule has 0 unspecified atom stereocenters. The third-order valence-corrected chi connectivity index (χ3v) is 5.06. The van der Waals surface area contributed by atoms with Gasteiger partial charge in [-0.15, -0.1) is 0 Å². The zero-order chi connectivity index (χ0) is 16.6. The monoisotopic (exact) mass is 337 g/mol. The van der Waals surface area contributed by atoms with E-state index >= 15 is 0 Å². The van der Waals surface area contributed by atoms with Crippen molar-refractivity contribution in [3.63, 3.8) is 0 Å². The lowest BCUT2D eigenvalue weighted by Gasteiger charge is -2.30. The average molecular weight is 337 g/mol. The van der Waals surface area contributed by atoms with Crippen LogP contribution < -0.4 is 0 Å². The number of rotatable bonds is 3. The standard InChI is InChI=1S/C15H19N3O4S/c1-22-11-6-9-17(10-7-11)14(19)13-12-5-3-4-8-18(12)15(16-13)23(2,20)21/h3-5,8,11H,6-7,9-10H2,1-2H3. The number of imidazole rings is 1. The summed E-state index contributed by atoms with van der Waals surface area (Å²) < 4.78 is 30.6. The first-order valence-electron chi connectivity index (χ1n) is 7.41. The fraction of sp³-hybridized carbons (Fsp3) is 0.467. The van der Waals surface area contributed by atoms with Crippen LogP contribution >= 0.6 is 0 Å². The number of sulfone groups is 1. The number of nitrogens with zero attached hydrogens (tertiary/aromatic N) is 3. The third kappa shape index (κ3) is 2.96. The van der Waals surface area contributed by atoms with Crippen molar-refractivity contribution in [2.45, 2.75) is 24.1 Å². The van der Waals surface area contributed by atoms with Gasteiger partial charge in [0, 0.05) is 32.7 Å². The van der Waals surface area contributed by atoms with Crippen molar-refractivity contribution in [2.24, 2.45) is 0 Å². The molecule has 1 fully saturated rings. The molecule has 0 spiro atoms. The van der Waals surface area contributed by atoms with Gasteiger partial charge >= 0.3 is 0 Å². The molecule has 2 aromatic rings. The molecule has 1 aliphatic rings. The molecule has 3 rings (SSSR count). The first kappa shape index (κ1) is 15.9. The van der Waals surface area contributed by atoms with Gasteiger partial charge in [-0.2, -0.15) is 0 Å². The van der Waals surface area contributed by atoms with Crippen molar-refractivity contribution < 1.29 is 17.9 Å². The van der Waals surface area contributed by atoms with Crippen LogP contribution in [0.2, 0.25) is 0 Å². The van der Waals surface area contributed by atoms with Gasteiger partial charge in [0.25, 0.3) is 5.91 Å². The van der Waals surface area contributed by atoms with Crippen molar-refractivity contribution in [1.82, 2.24) is 14.3 Å². The number of pyridine rings is 1. The van der Waals surface area contributed by atoms with Gasteiger partial charge in [-0.25, -0.2) is 13.4 Å². The summed E-state index contributed by atoms with van der Waals surface area (Å²) in [6.45, 7) is 1.16. The molecule has 2 aromatic heterocycles. The van der Waals surface area contributed by atoms with E-state index in [4.69, 9.17) is 4.74 Å². The lowest BCUT2D eigenvalue weighted by molar-refractivity contribution is 0.0349. The van der Waals surface area contributed by atoms with E-state index in [1.165, 1.54) is 4.40 Å². The number of likely N-dealkylation sites (tertiary alicyclic amines) is 1. The van der Waals surface area contributed by atoms with E-state index in [0.29, 0.717) is 18.6 Å². The minimum atomic E-state index is -3.52. The molecule has 0 bridgehead atoms. The summed E-state index contributed by atoms with van der Waals surface area (Å²) in [5.74, 6) is -0.238. The van der Waals surface area contributed by atoms with Crippen molar-refractivity contribution in [3.05, 3.63) is 30.1 Å². The van der Waals surface area contributed by atoms with E-state index in [0.717, 1.165) is 19.1 Å². The first-order chi connectivity index (χ1) is 10.9. The number of fused-ring (bicyclic) bond motifs is 1. The normalized spacial score (nSPS) is 16.9. The van der Waals surface area contributed by atoms with Crippen molar-refractivity contribution in [3.8, 4) is 0 Å². The Bertz CT molecular complexity index is 836. The Labute approximate surface area is 134 Å². The quantitative estimate of drug-likeness (QED) is 0.834. The van der Waals surface area contributed by atoms with Gasteiger partial charge < -0.3 is 9.64 Å². The molecule has 8 heteroatoms. The summed E-state index contributed by atoms with van der Waals surface area (Å²) in [5, 5.41) is -0.108. The highest BCUT2D eigenvalue weighted by atomic mass is 32.2. The molecule has 0 atom stereocenters. The Morgan fingerprint density at radius 3 is 2.61 bits per heavy atom. The van der Waals surface area contributed by atoms with Crippen molar-refractivity contribution in [1.29, 1.82) is 0 Å². The summed E-state index contributed by atoms with van der Waals surface area (Å²) in [5.41, 5.74) is 0.689. The number of hydrogen-bond donors (Lipinski definition) is 0. The summed E-state index contributed by atoms with van der Waals surface area (Å²) in [6, 6.07) is 5.18. The Morgan fingerprint density at radius 1 is 1.30 bits per heavy atom. The lowest BCUT2D eigenvalue weighted by Crippen LogP contribution is -2.40. The molecular weight excluding hydrogens is 318 g/mol. The van der Waals surface area contributed by atoms with E-state index in [2.05, 4.69) is 4.98 Å². The second kappa shape index (κ2) is 5.93. The number of methoxy groups -OCH3 is 1. The summed E-state index contributed by atoms with van der Waals surface area (Å²) in [6.07, 6.45) is 4.41. The highest BCUT2D eigenvalue weighted by Crippen LogP contribution is 2.21. The molecule has 1 saturated heterocycles. The zero-order valence-electron chi connectivity index (χ0n) is 13.1. The smallest absolute Gasteiger partial charge is 0.274 e. The average Bonchev–Trinajstić information content (AvgIpc) is 2.94. The SMILES string of the molecule is COC1CCN(C(=O)c2nc(S(C)(=O)=O)n3ccccc23)CC1. The molecule has 23 heavy (non-hydrogen) atoms. The van der Waals surface area contributed by atoms with Gasteiger partial charge in [0.2, 0.25) is 15.0 Å². The van der Waals surface area contributed by atoms with Crippen LogP contribution in [0.15, 0.2) is 29.6 Å². The largest absolute Gasteiger partial charge is 0.381 e. The molecule has 0 aromatic carbocycles. The number of piperidine rings is 1. The Morgan fingerprint density at radius 2 is 2.00 bits per heavy atom. The van der Waals surface area contributed by atoms with Crippen molar-refractivity contribution >= 4 is 21.3 Å². The minimum absolute atomic E-state index is 0.108. The molecule has 3 heterocycles. The van der Waals surface area contributed by atoms with Gasteiger partial charge in [-0.3, -0.25) is 9.20 Å². The van der Waals surface area contributed by atoms with Crippen LogP contribution in [-0.2, 0) is 14.6 Å². The number of carbonyl (C=O) groups excluding carboxylic acids is 1. The van der Waals surface area contributed by atoms with Gasteiger partial charge in [-0.05, 0) is 25.0 Å². The lowest BCUT2D eigenvalue weighted by atomic mass is 10.1. The molecule has 1 amide bonds. The van der Waals surface area contributed by atoms with Crippen LogP contribution in [0.3, 0.4) is 0 Å². The second-order valence-electron chi connectivity index (χ2n) is 5.70.